The van der Waals surface area contributed by atoms with Crippen molar-refractivity contribution < 1.29 is 19.4 Å². The number of phenolic OH excluding ortho intramolecular Hbond substituents is 1. The maximum atomic E-state index is 12.8. The highest BCUT2D eigenvalue weighted by Crippen LogP contribution is 2.28. The Morgan fingerprint density at radius 1 is 1.34 bits per heavy atom. The number of unbranched alkanes of at least 4 members (excludes halogenated alkanes) is 2. The van der Waals surface area contributed by atoms with Gasteiger partial charge < -0.3 is 9.84 Å². The summed E-state index contributed by atoms with van der Waals surface area (Å²) in [5.74, 6) is -0.559. The maximum absolute atomic E-state index is 12.8. The number of carbonyl (C=O) groups excluding carboxylic acids is 2. The maximum Gasteiger partial charge on any atom is 0.265 e. The van der Waals surface area contributed by atoms with E-state index in [1.165, 1.54) is 12.0 Å². The molecule has 1 saturated heterocycles. The van der Waals surface area contributed by atoms with Crippen molar-refractivity contribution in [2.75, 3.05) is 13.7 Å². The van der Waals surface area contributed by atoms with Gasteiger partial charge in [-0.05, 0) is 54.4 Å². The summed E-state index contributed by atoms with van der Waals surface area (Å²) in [6.07, 6.45) is 8.70. The number of methoxy groups -OCH3 is 1. The second-order valence-electron chi connectivity index (χ2n) is 6.63. The van der Waals surface area contributed by atoms with E-state index in [9.17, 15) is 14.7 Å². The molecule has 1 heterocycles. The van der Waals surface area contributed by atoms with Crippen LogP contribution in [-0.4, -0.2) is 40.6 Å². The second-order valence-corrected chi connectivity index (χ2v) is 7.02. The van der Waals surface area contributed by atoms with Gasteiger partial charge >= 0.3 is 0 Å². The van der Waals surface area contributed by atoms with Crippen LogP contribution in [0.15, 0.2) is 48.1 Å². The molecule has 0 aliphatic carbocycles. The summed E-state index contributed by atoms with van der Waals surface area (Å²) in [5.41, 5.74) is 1.59. The van der Waals surface area contributed by atoms with Crippen molar-refractivity contribution in [2.45, 2.75) is 32.6 Å². The second kappa shape index (κ2) is 10.6. The Morgan fingerprint density at radius 3 is 2.72 bits per heavy atom. The molecule has 0 unspecified atom stereocenters. The van der Waals surface area contributed by atoms with Gasteiger partial charge in [-0.3, -0.25) is 19.8 Å². The summed E-state index contributed by atoms with van der Waals surface area (Å²) in [7, 11) is 1.48. The van der Waals surface area contributed by atoms with Gasteiger partial charge in [0.2, 0.25) is 0 Å². The van der Waals surface area contributed by atoms with Crippen molar-refractivity contribution in [1.82, 2.24) is 10.2 Å². The van der Waals surface area contributed by atoms with Crippen molar-refractivity contribution >= 4 is 35.2 Å². The van der Waals surface area contributed by atoms with Gasteiger partial charge in [0.15, 0.2) is 16.6 Å². The largest absolute Gasteiger partial charge is 0.504 e. The lowest BCUT2D eigenvalue weighted by Crippen LogP contribution is -2.54. The van der Waals surface area contributed by atoms with Gasteiger partial charge in [-0.2, -0.15) is 0 Å². The molecule has 0 radical (unpaired) electrons. The molecule has 1 aromatic rings. The van der Waals surface area contributed by atoms with Crippen molar-refractivity contribution in [2.24, 2.45) is 0 Å². The Balaban J connectivity index is 2.41. The third-order valence-corrected chi connectivity index (χ3v) is 4.77. The zero-order chi connectivity index (χ0) is 21.4. The van der Waals surface area contributed by atoms with Crippen molar-refractivity contribution in [3.05, 3.63) is 53.6 Å². The summed E-state index contributed by atoms with van der Waals surface area (Å²) in [6, 6.07) is 5.05. The molecule has 1 aliphatic rings. The average Bonchev–Trinajstić information content (AvgIpc) is 2.68. The zero-order valence-electron chi connectivity index (χ0n) is 16.7. The summed E-state index contributed by atoms with van der Waals surface area (Å²) in [6.45, 7) is 5.95. The van der Waals surface area contributed by atoms with Crippen LogP contribution in [0.3, 0.4) is 0 Å². The number of ether oxygens (including phenoxy) is 1. The monoisotopic (exact) mass is 414 g/mol. The Labute approximate surface area is 176 Å². The van der Waals surface area contributed by atoms with E-state index < -0.39 is 11.8 Å². The van der Waals surface area contributed by atoms with Gasteiger partial charge in [-0.15, -0.1) is 6.58 Å². The highest BCUT2D eigenvalue weighted by atomic mass is 32.1. The fourth-order valence-corrected chi connectivity index (χ4v) is 3.20. The molecule has 29 heavy (non-hydrogen) atoms. The van der Waals surface area contributed by atoms with Crippen LogP contribution in [0, 0.1) is 0 Å². The number of thiocarbonyl (C=S) groups is 1. The Morgan fingerprint density at radius 2 is 2.10 bits per heavy atom. The van der Waals surface area contributed by atoms with Gasteiger partial charge in [0.1, 0.15) is 5.57 Å². The third kappa shape index (κ3) is 5.77. The lowest BCUT2D eigenvalue weighted by atomic mass is 10.00. The van der Waals surface area contributed by atoms with Crippen molar-refractivity contribution in [1.29, 1.82) is 0 Å². The van der Waals surface area contributed by atoms with Crippen LogP contribution in [0.4, 0.5) is 0 Å². The number of nitrogens with zero attached hydrogens (tertiary/aromatic N) is 1. The molecule has 0 atom stereocenters. The summed E-state index contributed by atoms with van der Waals surface area (Å²) < 4.78 is 5.07. The molecule has 2 amide bonds. The van der Waals surface area contributed by atoms with Gasteiger partial charge in [-0.25, -0.2) is 0 Å². The number of aromatic hydroxyl groups is 1. The van der Waals surface area contributed by atoms with Crippen molar-refractivity contribution in [3.63, 3.8) is 0 Å². The molecule has 2 rings (SSSR count). The molecule has 0 bridgehead atoms. The number of hydrogen-bond donors (Lipinski definition) is 2. The highest BCUT2D eigenvalue weighted by Gasteiger charge is 2.32. The van der Waals surface area contributed by atoms with E-state index in [1.54, 1.807) is 30.4 Å². The molecule has 0 spiro atoms. The van der Waals surface area contributed by atoms with Crippen LogP contribution in [0.25, 0.3) is 6.08 Å². The predicted molar refractivity (Wildman–Crippen MR) is 118 cm³/mol. The number of rotatable bonds is 9. The fraction of sp³-hybridized carbons (Fsp3) is 0.318. The van der Waals surface area contributed by atoms with E-state index in [-0.39, 0.29) is 23.0 Å². The molecule has 0 aromatic heterocycles. The van der Waals surface area contributed by atoms with Gasteiger partial charge in [0.05, 0.1) is 7.11 Å². The van der Waals surface area contributed by atoms with E-state index in [4.69, 9.17) is 17.0 Å². The molecular weight excluding hydrogens is 388 g/mol. The minimum Gasteiger partial charge on any atom is -0.504 e. The number of phenols is 1. The first-order chi connectivity index (χ1) is 13.9. The molecule has 1 aromatic carbocycles. The number of hydrogen-bond acceptors (Lipinski definition) is 5. The lowest BCUT2D eigenvalue weighted by Gasteiger charge is -2.28. The molecular formula is C22H26N2O4S. The quantitative estimate of drug-likeness (QED) is 0.212. The zero-order valence-corrected chi connectivity index (χ0v) is 17.6. The van der Waals surface area contributed by atoms with Gasteiger partial charge in [0, 0.05) is 6.54 Å². The molecule has 1 aliphatic heterocycles. The third-order valence-electron chi connectivity index (χ3n) is 4.45. The predicted octanol–water partition coefficient (Wildman–Crippen LogP) is 3.72. The van der Waals surface area contributed by atoms with E-state index in [2.05, 4.69) is 18.8 Å². The van der Waals surface area contributed by atoms with Crippen LogP contribution < -0.4 is 10.1 Å². The fourth-order valence-electron chi connectivity index (χ4n) is 2.95. The van der Waals surface area contributed by atoms with E-state index in [0.29, 0.717) is 12.2 Å². The molecule has 0 saturated carbocycles. The van der Waals surface area contributed by atoms with Gasteiger partial charge in [-0.1, -0.05) is 38.0 Å². The first-order valence-electron chi connectivity index (χ1n) is 9.48. The van der Waals surface area contributed by atoms with Crippen LogP contribution in [-0.2, 0) is 9.59 Å². The van der Waals surface area contributed by atoms with Crippen LogP contribution >= 0.6 is 12.2 Å². The Bertz CT molecular complexity index is 874. The molecule has 154 valence electrons. The SMILES string of the molecule is C=CCN1C(=O)/C(=C/C(=C/c2ccc(OC)c(O)c2)CCCCC)C(=O)NC1=S. The van der Waals surface area contributed by atoms with E-state index >= 15 is 0 Å². The Hall–Kier alpha value is -2.93. The number of benzene rings is 1. The molecule has 7 heteroatoms. The molecule has 2 N–H and O–H groups in total. The Kier molecular flexibility index (Phi) is 8.15. The number of nitrogens with one attached hydrogen (secondary N) is 1. The molecule has 1 fully saturated rings. The number of carbonyl (C=O) groups is 2. The van der Waals surface area contributed by atoms with Crippen LogP contribution in [0.5, 0.6) is 11.5 Å². The highest BCUT2D eigenvalue weighted by molar-refractivity contribution is 7.80. The molecule has 6 nitrogen and oxygen atoms in total. The average molecular weight is 415 g/mol. The summed E-state index contributed by atoms with van der Waals surface area (Å²) in [4.78, 5) is 26.5. The lowest BCUT2D eigenvalue weighted by molar-refractivity contribution is -0.128. The van der Waals surface area contributed by atoms with Crippen molar-refractivity contribution in [3.8, 4) is 11.5 Å². The number of allylic oxidation sites excluding steroid dienone is 2. The van der Waals surface area contributed by atoms with E-state index in [0.717, 1.165) is 30.4 Å². The number of amides is 2. The van der Waals surface area contributed by atoms with Gasteiger partial charge in [0.25, 0.3) is 11.8 Å². The summed E-state index contributed by atoms with van der Waals surface area (Å²) >= 11 is 5.09. The van der Waals surface area contributed by atoms with E-state index in [1.807, 2.05) is 6.08 Å². The van der Waals surface area contributed by atoms with Crippen LogP contribution in [0.2, 0.25) is 0 Å². The minimum atomic E-state index is -0.515. The smallest absolute Gasteiger partial charge is 0.265 e. The normalized spacial score (nSPS) is 16.2. The minimum absolute atomic E-state index is 0.0239. The first kappa shape index (κ1) is 22.4. The standard InChI is InChI=1S/C22H26N2O4S/c1-4-6-7-8-15(12-16-9-10-19(28-3)18(25)14-16)13-17-20(26)23-22(29)24(11-5-2)21(17)27/h5,9-10,12-14,25H,2,4,6-8,11H2,1,3H3,(H,23,26,29)/b15-12+,17-13+. The summed E-state index contributed by atoms with van der Waals surface area (Å²) in [5, 5.41) is 12.7. The topological polar surface area (TPSA) is 78.9 Å². The first-order valence-corrected chi connectivity index (χ1v) is 9.89. The van der Waals surface area contributed by atoms with Crippen LogP contribution in [0.1, 0.15) is 38.2 Å².